The van der Waals surface area contributed by atoms with Crippen molar-refractivity contribution < 1.29 is 13.2 Å². The molecule has 0 spiro atoms. The number of nitrogens with zero attached hydrogens (tertiary/aromatic N) is 2. The van der Waals surface area contributed by atoms with Crippen LogP contribution >= 0.6 is 0 Å². The molecule has 1 unspecified atom stereocenters. The Hall–Kier alpha value is -2.12. The Labute approximate surface area is 161 Å². The summed E-state index contributed by atoms with van der Waals surface area (Å²) in [5, 5.41) is 0. The van der Waals surface area contributed by atoms with Crippen LogP contribution in [0.5, 0.6) is 5.88 Å². The molecule has 27 heavy (non-hydrogen) atoms. The van der Waals surface area contributed by atoms with Gasteiger partial charge < -0.3 is 9.64 Å². The zero-order chi connectivity index (χ0) is 19.4. The number of ether oxygens (including phenoxy) is 1. The van der Waals surface area contributed by atoms with E-state index in [0.29, 0.717) is 17.5 Å². The normalized spacial score (nSPS) is 17.8. The zero-order valence-electron chi connectivity index (χ0n) is 16.1. The van der Waals surface area contributed by atoms with Crippen LogP contribution in [0.4, 0.5) is 5.69 Å². The van der Waals surface area contributed by atoms with Crippen LogP contribution in [0, 0.1) is 6.92 Å². The first-order chi connectivity index (χ1) is 12.9. The number of hydrogen-bond acceptors (Lipinski definition) is 5. The van der Waals surface area contributed by atoms with Crippen molar-refractivity contribution >= 4 is 15.7 Å². The second-order valence-corrected chi connectivity index (χ2v) is 8.71. The molecule has 1 fully saturated rings. The number of anilines is 1. The summed E-state index contributed by atoms with van der Waals surface area (Å²) in [5.74, 6) is 0.860. The number of aromatic nitrogens is 1. The number of rotatable bonds is 7. The van der Waals surface area contributed by atoms with Gasteiger partial charge in [0, 0.05) is 18.0 Å². The lowest BCUT2D eigenvalue weighted by atomic mass is 9.99. The number of hydrogen-bond donors (Lipinski definition) is 1. The van der Waals surface area contributed by atoms with Crippen LogP contribution in [0.25, 0.3) is 0 Å². The largest absolute Gasteiger partial charge is 0.481 e. The molecule has 0 saturated carbocycles. The molecule has 0 aliphatic carbocycles. The Morgan fingerprint density at radius 1 is 1.33 bits per heavy atom. The van der Waals surface area contributed by atoms with E-state index in [0.717, 1.165) is 43.6 Å². The highest BCUT2D eigenvalue weighted by atomic mass is 32.2. The first-order valence-corrected chi connectivity index (χ1v) is 10.8. The first-order valence-electron chi connectivity index (χ1n) is 9.28. The molecule has 1 saturated heterocycles. The van der Waals surface area contributed by atoms with Crippen LogP contribution in [-0.2, 0) is 10.0 Å². The molecule has 1 aromatic heterocycles. The summed E-state index contributed by atoms with van der Waals surface area (Å²) >= 11 is 0. The van der Waals surface area contributed by atoms with Gasteiger partial charge in [0.05, 0.1) is 23.9 Å². The lowest BCUT2D eigenvalue weighted by Crippen LogP contribution is -2.21. The van der Waals surface area contributed by atoms with Crippen LogP contribution in [0.3, 0.4) is 0 Å². The Bertz CT molecular complexity index is 899. The van der Waals surface area contributed by atoms with Gasteiger partial charge in [-0.1, -0.05) is 19.1 Å². The van der Waals surface area contributed by atoms with E-state index in [4.69, 9.17) is 4.74 Å². The first kappa shape index (κ1) is 19.6. The number of pyridine rings is 1. The molecule has 1 aromatic carbocycles. The maximum absolute atomic E-state index is 12.7. The second-order valence-electron chi connectivity index (χ2n) is 7.03. The molecule has 1 atom stereocenters. The van der Waals surface area contributed by atoms with Crippen LogP contribution in [0.2, 0.25) is 0 Å². The van der Waals surface area contributed by atoms with Crippen LogP contribution < -0.4 is 9.46 Å². The average molecular weight is 390 g/mol. The van der Waals surface area contributed by atoms with Crippen molar-refractivity contribution in [1.82, 2.24) is 9.88 Å². The third-order valence-corrected chi connectivity index (χ3v) is 6.26. The quantitative estimate of drug-likeness (QED) is 0.786. The lowest BCUT2D eigenvalue weighted by Gasteiger charge is -2.17. The summed E-state index contributed by atoms with van der Waals surface area (Å²) in [6.45, 7) is 7.11. The molecule has 0 amide bonds. The van der Waals surface area contributed by atoms with E-state index in [-0.39, 0.29) is 4.90 Å². The van der Waals surface area contributed by atoms with Gasteiger partial charge in [-0.25, -0.2) is 13.4 Å². The third kappa shape index (κ3) is 4.59. The lowest BCUT2D eigenvalue weighted by molar-refractivity contribution is 0.333. The van der Waals surface area contributed by atoms with Crippen molar-refractivity contribution in [3.05, 3.63) is 47.7 Å². The number of likely N-dealkylation sites (tertiary alicyclic amines) is 1. The molecule has 1 N–H and O–H groups in total. The molecule has 0 radical (unpaired) electrons. The topological polar surface area (TPSA) is 71.5 Å². The molecule has 3 rings (SSSR count). The molecule has 2 heterocycles. The predicted octanol–water partition coefficient (Wildman–Crippen LogP) is 3.40. The predicted molar refractivity (Wildman–Crippen MR) is 107 cm³/mol. The van der Waals surface area contributed by atoms with E-state index in [1.54, 1.807) is 25.3 Å². The molecule has 1 aliphatic rings. The van der Waals surface area contributed by atoms with Crippen molar-refractivity contribution in [2.24, 2.45) is 0 Å². The van der Waals surface area contributed by atoms with Gasteiger partial charge in [0.2, 0.25) is 5.88 Å². The second kappa shape index (κ2) is 8.27. The Morgan fingerprint density at radius 2 is 2.15 bits per heavy atom. The SMILES string of the molecule is CCCN1CCC(c2cc(NS(=O)(=O)c3cccc(C)c3)cnc2OC)C1. The average Bonchev–Trinajstić information content (AvgIpc) is 3.10. The van der Waals surface area contributed by atoms with E-state index in [9.17, 15) is 8.42 Å². The van der Waals surface area contributed by atoms with Gasteiger partial charge >= 0.3 is 0 Å². The number of nitrogens with one attached hydrogen (secondary N) is 1. The molecular formula is C20H27N3O3S. The van der Waals surface area contributed by atoms with Gasteiger partial charge in [0.15, 0.2) is 0 Å². The zero-order valence-corrected chi connectivity index (χ0v) is 16.9. The van der Waals surface area contributed by atoms with Gasteiger partial charge in [-0.2, -0.15) is 0 Å². The summed E-state index contributed by atoms with van der Waals surface area (Å²) < 4.78 is 33.5. The van der Waals surface area contributed by atoms with Crippen molar-refractivity contribution in [1.29, 1.82) is 0 Å². The fourth-order valence-corrected chi connectivity index (χ4v) is 4.73. The fraction of sp³-hybridized carbons (Fsp3) is 0.450. The van der Waals surface area contributed by atoms with E-state index in [1.807, 2.05) is 19.1 Å². The molecule has 2 aromatic rings. The van der Waals surface area contributed by atoms with E-state index >= 15 is 0 Å². The highest BCUT2D eigenvalue weighted by Gasteiger charge is 2.27. The Kier molecular flexibility index (Phi) is 6.01. The maximum atomic E-state index is 12.7. The minimum Gasteiger partial charge on any atom is -0.481 e. The number of benzene rings is 1. The highest BCUT2D eigenvalue weighted by Crippen LogP contribution is 2.34. The summed E-state index contributed by atoms with van der Waals surface area (Å²) in [4.78, 5) is 7.01. The Balaban J connectivity index is 1.85. The van der Waals surface area contributed by atoms with Gasteiger partial charge in [0.25, 0.3) is 10.0 Å². The van der Waals surface area contributed by atoms with Crippen molar-refractivity contribution in [3.8, 4) is 5.88 Å². The minimum atomic E-state index is -3.66. The highest BCUT2D eigenvalue weighted by molar-refractivity contribution is 7.92. The van der Waals surface area contributed by atoms with Crippen molar-refractivity contribution in [3.63, 3.8) is 0 Å². The van der Waals surface area contributed by atoms with Crippen LogP contribution in [-0.4, -0.2) is 45.0 Å². The molecular weight excluding hydrogens is 362 g/mol. The van der Waals surface area contributed by atoms with Gasteiger partial charge in [-0.3, -0.25) is 4.72 Å². The number of methoxy groups -OCH3 is 1. The standard InChI is InChI=1S/C20H27N3O3S/c1-4-9-23-10-8-16(14-23)19-12-17(13-21-20(19)26-3)22-27(24,25)18-7-5-6-15(2)11-18/h5-7,11-13,16,22H,4,8-10,14H2,1-3H3. The molecule has 146 valence electrons. The minimum absolute atomic E-state index is 0.245. The Morgan fingerprint density at radius 3 is 2.85 bits per heavy atom. The molecule has 1 aliphatic heterocycles. The smallest absolute Gasteiger partial charge is 0.261 e. The molecule has 0 bridgehead atoms. The third-order valence-electron chi connectivity index (χ3n) is 4.88. The molecule has 6 nitrogen and oxygen atoms in total. The summed E-state index contributed by atoms with van der Waals surface area (Å²) in [7, 11) is -2.06. The summed E-state index contributed by atoms with van der Waals surface area (Å²) in [6, 6.07) is 8.71. The van der Waals surface area contributed by atoms with E-state index in [2.05, 4.69) is 21.5 Å². The fourth-order valence-electron chi connectivity index (χ4n) is 3.59. The summed E-state index contributed by atoms with van der Waals surface area (Å²) in [5.41, 5.74) is 2.31. The van der Waals surface area contributed by atoms with Crippen molar-refractivity contribution in [2.45, 2.75) is 37.5 Å². The van der Waals surface area contributed by atoms with Gasteiger partial charge in [-0.05, 0) is 56.6 Å². The van der Waals surface area contributed by atoms with Gasteiger partial charge in [0.1, 0.15) is 0 Å². The van der Waals surface area contributed by atoms with Crippen LogP contribution in [0.1, 0.15) is 36.8 Å². The molecule has 7 heteroatoms. The van der Waals surface area contributed by atoms with Crippen molar-refractivity contribution in [2.75, 3.05) is 31.5 Å². The number of aryl methyl sites for hydroxylation is 1. The maximum Gasteiger partial charge on any atom is 0.261 e. The van der Waals surface area contributed by atoms with E-state index in [1.165, 1.54) is 6.20 Å². The van der Waals surface area contributed by atoms with E-state index < -0.39 is 10.0 Å². The summed E-state index contributed by atoms with van der Waals surface area (Å²) in [6.07, 6.45) is 3.65. The number of sulfonamides is 1. The van der Waals surface area contributed by atoms with Crippen LogP contribution in [0.15, 0.2) is 41.4 Å². The van der Waals surface area contributed by atoms with Gasteiger partial charge in [-0.15, -0.1) is 0 Å². The monoisotopic (exact) mass is 389 g/mol.